The Morgan fingerprint density at radius 2 is 2.04 bits per heavy atom. The zero-order valence-electron chi connectivity index (χ0n) is 15.4. The minimum atomic E-state index is -0.529. The topological polar surface area (TPSA) is 71.0 Å². The lowest BCUT2D eigenvalue weighted by molar-refractivity contribution is -0.128. The van der Waals surface area contributed by atoms with Gasteiger partial charge in [0.2, 0.25) is 11.8 Å². The van der Waals surface area contributed by atoms with Crippen LogP contribution in [0.5, 0.6) is 5.75 Å². The monoisotopic (exact) mass is 383 g/mol. The summed E-state index contributed by atoms with van der Waals surface area (Å²) in [5.74, 6) is 0.338. The molecule has 0 bridgehead atoms. The lowest BCUT2D eigenvalue weighted by Crippen LogP contribution is -2.43. The zero-order valence-corrected chi connectivity index (χ0v) is 16.2. The van der Waals surface area contributed by atoms with Crippen LogP contribution in [0.15, 0.2) is 53.5 Å². The molecule has 1 aliphatic rings. The smallest absolute Gasteiger partial charge is 0.238 e. The molecular formula is C20H21N3O3S. The highest BCUT2D eigenvalue weighted by molar-refractivity contribution is 8.15. The van der Waals surface area contributed by atoms with Gasteiger partial charge in [-0.15, -0.1) is 0 Å². The molecule has 1 aliphatic heterocycles. The summed E-state index contributed by atoms with van der Waals surface area (Å²) in [6, 6.07) is 14.8. The highest BCUT2D eigenvalue weighted by Crippen LogP contribution is 2.30. The second-order valence-corrected chi connectivity index (χ2v) is 7.39. The quantitative estimate of drug-likeness (QED) is 0.876. The van der Waals surface area contributed by atoms with Crippen LogP contribution in [-0.2, 0) is 9.59 Å². The molecule has 0 radical (unpaired) electrons. The van der Waals surface area contributed by atoms with Crippen molar-refractivity contribution in [3.05, 3.63) is 54.1 Å². The molecule has 0 aliphatic carbocycles. The van der Waals surface area contributed by atoms with Gasteiger partial charge in [-0.3, -0.25) is 14.5 Å². The molecule has 2 aromatic rings. The summed E-state index contributed by atoms with van der Waals surface area (Å²) in [5, 5.41) is 2.85. The van der Waals surface area contributed by atoms with Crippen molar-refractivity contribution in [2.45, 2.75) is 18.6 Å². The minimum Gasteiger partial charge on any atom is -0.497 e. The molecule has 0 aromatic heterocycles. The number of hydrogen-bond donors (Lipinski definition) is 1. The Morgan fingerprint density at radius 1 is 1.26 bits per heavy atom. The molecule has 1 N–H and O–H groups in total. The number of nitrogens with zero attached hydrogens (tertiary/aromatic N) is 2. The van der Waals surface area contributed by atoms with Gasteiger partial charge in [-0.05, 0) is 36.8 Å². The molecule has 2 amide bonds. The molecule has 0 spiro atoms. The molecule has 1 heterocycles. The second kappa shape index (κ2) is 8.26. The van der Waals surface area contributed by atoms with Crippen LogP contribution >= 0.6 is 11.8 Å². The number of amides is 2. The van der Waals surface area contributed by atoms with Gasteiger partial charge in [0.15, 0.2) is 5.17 Å². The van der Waals surface area contributed by atoms with E-state index in [2.05, 4.69) is 10.3 Å². The molecule has 1 saturated heterocycles. The maximum absolute atomic E-state index is 12.7. The van der Waals surface area contributed by atoms with Gasteiger partial charge < -0.3 is 10.1 Å². The number of aliphatic imine (C=N–C) groups is 1. The fourth-order valence-electron chi connectivity index (χ4n) is 2.63. The molecule has 0 saturated carbocycles. The second-order valence-electron chi connectivity index (χ2n) is 6.22. The highest BCUT2D eigenvalue weighted by Gasteiger charge is 2.34. The van der Waals surface area contributed by atoms with Crippen LogP contribution in [0.3, 0.4) is 0 Å². The lowest BCUT2D eigenvalue weighted by atomic mass is 10.2. The SMILES string of the molecule is COc1cccc(N=C2SC(C(=O)Nc3cccc(C)c3)CC(=O)N2C)c1. The summed E-state index contributed by atoms with van der Waals surface area (Å²) >= 11 is 1.29. The molecule has 1 unspecified atom stereocenters. The minimum absolute atomic E-state index is 0.135. The standard InChI is InChI=1S/C20H21N3O3S/c1-13-6-4-7-14(10-13)21-19(25)17-12-18(24)23(2)20(27-17)22-15-8-5-9-16(11-15)26-3/h4-11,17H,12H2,1-3H3,(H,21,25). The Morgan fingerprint density at radius 3 is 2.78 bits per heavy atom. The highest BCUT2D eigenvalue weighted by atomic mass is 32.2. The summed E-state index contributed by atoms with van der Waals surface area (Å²) < 4.78 is 5.21. The van der Waals surface area contributed by atoms with Gasteiger partial charge in [0.1, 0.15) is 11.0 Å². The van der Waals surface area contributed by atoms with E-state index in [1.54, 1.807) is 20.2 Å². The van der Waals surface area contributed by atoms with Crippen LogP contribution in [0, 0.1) is 6.92 Å². The summed E-state index contributed by atoms with van der Waals surface area (Å²) in [6.07, 6.45) is 0.135. The van der Waals surface area contributed by atoms with Gasteiger partial charge in [0.05, 0.1) is 12.8 Å². The molecule has 1 atom stereocenters. The number of ether oxygens (including phenoxy) is 1. The Bertz CT molecular complexity index is 898. The molecule has 1 fully saturated rings. The Labute approximate surface area is 162 Å². The Balaban J connectivity index is 1.79. The molecule has 6 nitrogen and oxygen atoms in total. The van der Waals surface area contributed by atoms with Gasteiger partial charge in [-0.2, -0.15) is 0 Å². The van der Waals surface area contributed by atoms with E-state index >= 15 is 0 Å². The van der Waals surface area contributed by atoms with E-state index in [4.69, 9.17) is 4.74 Å². The van der Waals surface area contributed by atoms with E-state index in [-0.39, 0.29) is 18.2 Å². The van der Waals surface area contributed by atoms with Crippen LogP contribution in [0.4, 0.5) is 11.4 Å². The fourth-order valence-corrected chi connectivity index (χ4v) is 3.70. The fraction of sp³-hybridized carbons (Fsp3) is 0.250. The number of aryl methyl sites for hydroxylation is 1. The molecule has 3 rings (SSSR count). The van der Waals surface area contributed by atoms with Gasteiger partial charge >= 0.3 is 0 Å². The molecular weight excluding hydrogens is 362 g/mol. The van der Waals surface area contributed by atoms with E-state index in [0.717, 1.165) is 11.3 Å². The third-order valence-corrected chi connectivity index (χ3v) is 5.37. The van der Waals surface area contributed by atoms with Crippen LogP contribution < -0.4 is 10.1 Å². The predicted octanol–water partition coefficient (Wildman–Crippen LogP) is 3.59. The largest absolute Gasteiger partial charge is 0.497 e. The summed E-state index contributed by atoms with van der Waals surface area (Å²) in [6.45, 7) is 1.96. The normalized spacial score (nSPS) is 18.5. The maximum atomic E-state index is 12.7. The number of amidine groups is 1. The van der Waals surface area contributed by atoms with Crippen molar-refractivity contribution in [1.82, 2.24) is 4.90 Å². The van der Waals surface area contributed by atoms with Crippen molar-refractivity contribution in [1.29, 1.82) is 0 Å². The number of methoxy groups -OCH3 is 1. The average Bonchev–Trinajstić information content (AvgIpc) is 2.65. The third-order valence-electron chi connectivity index (χ3n) is 4.12. The van der Waals surface area contributed by atoms with Crippen molar-refractivity contribution in [2.24, 2.45) is 4.99 Å². The van der Waals surface area contributed by atoms with Crippen LogP contribution in [-0.4, -0.2) is 41.3 Å². The first kappa shape index (κ1) is 19.0. The van der Waals surface area contributed by atoms with E-state index in [0.29, 0.717) is 16.6 Å². The summed E-state index contributed by atoms with van der Waals surface area (Å²) in [7, 11) is 3.26. The van der Waals surface area contributed by atoms with Crippen molar-refractivity contribution in [2.75, 3.05) is 19.5 Å². The van der Waals surface area contributed by atoms with Gasteiger partial charge in [-0.1, -0.05) is 30.0 Å². The summed E-state index contributed by atoms with van der Waals surface area (Å²) in [4.78, 5) is 31.0. The Kier molecular flexibility index (Phi) is 5.81. The first-order chi connectivity index (χ1) is 13.0. The van der Waals surface area contributed by atoms with Gasteiger partial charge in [-0.25, -0.2) is 4.99 Å². The van der Waals surface area contributed by atoms with E-state index in [9.17, 15) is 9.59 Å². The van der Waals surface area contributed by atoms with Gasteiger partial charge in [0, 0.05) is 25.2 Å². The predicted molar refractivity (Wildman–Crippen MR) is 109 cm³/mol. The Hall–Kier alpha value is -2.80. The molecule has 27 heavy (non-hydrogen) atoms. The molecule has 140 valence electrons. The molecule has 7 heteroatoms. The zero-order chi connectivity index (χ0) is 19.4. The van der Waals surface area contributed by atoms with Crippen LogP contribution in [0.25, 0.3) is 0 Å². The number of nitrogens with one attached hydrogen (secondary N) is 1. The van der Waals surface area contributed by atoms with E-state index in [1.807, 2.05) is 49.4 Å². The van der Waals surface area contributed by atoms with Crippen molar-refractivity contribution < 1.29 is 14.3 Å². The number of carbonyl (C=O) groups is 2. The van der Waals surface area contributed by atoms with E-state index < -0.39 is 5.25 Å². The third kappa shape index (κ3) is 4.68. The van der Waals surface area contributed by atoms with Crippen LogP contribution in [0.2, 0.25) is 0 Å². The number of thioether (sulfide) groups is 1. The number of benzene rings is 2. The average molecular weight is 383 g/mol. The lowest BCUT2D eigenvalue weighted by Gasteiger charge is -2.28. The van der Waals surface area contributed by atoms with E-state index in [1.165, 1.54) is 16.7 Å². The maximum Gasteiger partial charge on any atom is 0.238 e. The summed E-state index contributed by atoms with van der Waals surface area (Å²) in [5.41, 5.74) is 2.44. The van der Waals surface area contributed by atoms with Gasteiger partial charge in [0.25, 0.3) is 0 Å². The van der Waals surface area contributed by atoms with Crippen LogP contribution in [0.1, 0.15) is 12.0 Å². The number of hydrogen-bond acceptors (Lipinski definition) is 5. The molecule has 2 aromatic carbocycles. The number of carbonyl (C=O) groups excluding carboxylic acids is 2. The first-order valence-electron chi connectivity index (χ1n) is 8.50. The van der Waals surface area contributed by atoms with Crippen molar-refractivity contribution >= 4 is 40.1 Å². The van der Waals surface area contributed by atoms with Crippen molar-refractivity contribution in [3.63, 3.8) is 0 Å². The first-order valence-corrected chi connectivity index (χ1v) is 9.37. The number of rotatable bonds is 4. The number of anilines is 1. The van der Waals surface area contributed by atoms with Crippen molar-refractivity contribution in [3.8, 4) is 5.75 Å².